The summed E-state index contributed by atoms with van der Waals surface area (Å²) in [7, 11) is 0. The van der Waals surface area contributed by atoms with Gasteiger partial charge in [0.1, 0.15) is 0 Å². The Labute approximate surface area is 94.1 Å². The maximum atomic E-state index is 13.6. The Balaban J connectivity index is 2.32. The Bertz CT molecular complexity index is 382. The summed E-state index contributed by atoms with van der Waals surface area (Å²) in [5.41, 5.74) is -1.07. The Morgan fingerprint density at radius 3 is 2.50 bits per heavy atom. The van der Waals surface area contributed by atoms with Gasteiger partial charge in [0, 0.05) is 5.56 Å². The second-order valence-electron chi connectivity index (χ2n) is 4.82. The summed E-state index contributed by atoms with van der Waals surface area (Å²) in [6.07, 6.45) is 2.72. The van der Waals surface area contributed by atoms with E-state index in [1.807, 2.05) is 0 Å². The van der Waals surface area contributed by atoms with E-state index in [0.29, 0.717) is 18.8 Å². The Morgan fingerprint density at radius 1 is 1.25 bits per heavy atom. The Kier molecular flexibility index (Phi) is 2.98. The van der Waals surface area contributed by atoms with Crippen LogP contribution in [0.15, 0.2) is 18.2 Å². The van der Waals surface area contributed by atoms with Crippen molar-refractivity contribution in [2.24, 2.45) is 5.92 Å². The summed E-state index contributed by atoms with van der Waals surface area (Å²) in [4.78, 5) is 0. The summed E-state index contributed by atoms with van der Waals surface area (Å²) in [6.45, 7) is 2.11. The molecule has 1 aliphatic rings. The van der Waals surface area contributed by atoms with Gasteiger partial charge in [0.05, 0.1) is 5.60 Å². The summed E-state index contributed by atoms with van der Waals surface area (Å²) >= 11 is 0. The van der Waals surface area contributed by atoms with Crippen molar-refractivity contribution in [2.45, 2.75) is 38.2 Å². The van der Waals surface area contributed by atoms with Gasteiger partial charge >= 0.3 is 0 Å². The van der Waals surface area contributed by atoms with Gasteiger partial charge < -0.3 is 5.11 Å². The highest BCUT2D eigenvalue weighted by Gasteiger charge is 2.36. The van der Waals surface area contributed by atoms with Gasteiger partial charge in [0.2, 0.25) is 0 Å². The Hall–Kier alpha value is -0.960. The largest absolute Gasteiger partial charge is 0.385 e. The number of aliphatic hydroxyl groups is 1. The first-order valence-electron chi connectivity index (χ1n) is 5.70. The smallest absolute Gasteiger partial charge is 0.164 e. The molecule has 16 heavy (non-hydrogen) atoms. The molecule has 0 heterocycles. The van der Waals surface area contributed by atoms with Crippen LogP contribution in [-0.2, 0) is 5.60 Å². The van der Waals surface area contributed by atoms with Crippen LogP contribution >= 0.6 is 0 Å². The molecule has 0 saturated heterocycles. The van der Waals surface area contributed by atoms with Crippen molar-refractivity contribution in [1.29, 1.82) is 0 Å². The van der Waals surface area contributed by atoms with Crippen LogP contribution in [0, 0.1) is 17.6 Å². The average molecular weight is 226 g/mol. The maximum Gasteiger partial charge on any atom is 0.164 e. The lowest BCUT2D eigenvalue weighted by Gasteiger charge is -2.35. The molecule has 2 rings (SSSR count). The van der Waals surface area contributed by atoms with Gasteiger partial charge in [0.25, 0.3) is 0 Å². The van der Waals surface area contributed by atoms with Crippen molar-refractivity contribution in [3.8, 4) is 0 Å². The number of halogens is 2. The molecular weight excluding hydrogens is 210 g/mol. The number of rotatable bonds is 1. The second kappa shape index (κ2) is 4.13. The molecule has 1 aliphatic carbocycles. The summed E-state index contributed by atoms with van der Waals surface area (Å²) in [5.74, 6) is -1.24. The fraction of sp³-hybridized carbons (Fsp3) is 0.538. The van der Waals surface area contributed by atoms with Crippen molar-refractivity contribution >= 4 is 0 Å². The van der Waals surface area contributed by atoms with Crippen molar-refractivity contribution in [1.82, 2.24) is 0 Å². The molecule has 1 N–H and O–H groups in total. The normalized spacial score (nSPS) is 30.4. The predicted octanol–water partition coefficient (Wildman–Crippen LogP) is 3.36. The summed E-state index contributed by atoms with van der Waals surface area (Å²) < 4.78 is 26.7. The minimum Gasteiger partial charge on any atom is -0.385 e. The van der Waals surface area contributed by atoms with Crippen molar-refractivity contribution in [2.75, 3.05) is 0 Å². The third kappa shape index (κ3) is 1.96. The molecule has 1 aromatic rings. The van der Waals surface area contributed by atoms with Gasteiger partial charge in [-0.15, -0.1) is 0 Å². The highest BCUT2D eigenvalue weighted by Crippen LogP contribution is 2.40. The van der Waals surface area contributed by atoms with Gasteiger partial charge in [-0.3, -0.25) is 0 Å². The van der Waals surface area contributed by atoms with E-state index >= 15 is 0 Å². The van der Waals surface area contributed by atoms with Gasteiger partial charge in [-0.1, -0.05) is 19.1 Å². The van der Waals surface area contributed by atoms with Crippen LogP contribution in [0.3, 0.4) is 0 Å². The first kappa shape index (κ1) is 11.5. The van der Waals surface area contributed by atoms with Crippen molar-refractivity contribution in [3.63, 3.8) is 0 Å². The highest BCUT2D eigenvalue weighted by atomic mass is 19.2. The van der Waals surface area contributed by atoms with E-state index in [0.717, 1.165) is 18.9 Å². The van der Waals surface area contributed by atoms with E-state index in [2.05, 4.69) is 6.92 Å². The number of benzene rings is 1. The van der Waals surface area contributed by atoms with E-state index in [9.17, 15) is 13.9 Å². The Morgan fingerprint density at radius 2 is 1.88 bits per heavy atom. The second-order valence-corrected chi connectivity index (χ2v) is 4.82. The van der Waals surface area contributed by atoms with Gasteiger partial charge in [-0.2, -0.15) is 0 Å². The fourth-order valence-corrected chi connectivity index (χ4v) is 2.37. The maximum absolute atomic E-state index is 13.6. The van der Waals surface area contributed by atoms with Crippen LogP contribution in [0.4, 0.5) is 8.78 Å². The standard InChI is InChI=1S/C13H16F2O/c1-9-5-7-13(16,8-6-9)10-3-2-4-11(14)12(10)15/h2-4,9,16H,5-8H2,1H3. The van der Waals surface area contributed by atoms with Crippen LogP contribution in [0.25, 0.3) is 0 Å². The molecule has 1 saturated carbocycles. The molecule has 0 atom stereocenters. The molecule has 0 bridgehead atoms. The quantitative estimate of drug-likeness (QED) is 0.778. The topological polar surface area (TPSA) is 20.2 Å². The van der Waals surface area contributed by atoms with E-state index in [1.165, 1.54) is 12.1 Å². The van der Waals surface area contributed by atoms with Crippen LogP contribution in [0.2, 0.25) is 0 Å². The van der Waals surface area contributed by atoms with Crippen LogP contribution < -0.4 is 0 Å². The molecule has 0 unspecified atom stereocenters. The van der Waals surface area contributed by atoms with E-state index in [1.54, 1.807) is 0 Å². The molecular formula is C13H16F2O. The zero-order chi connectivity index (χ0) is 11.8. The molecule has 0 aromatic heterocycles. The minimum atomic E-state index is -1.18. The van der Waals surface area contributed by atoms with Crippen LogP contribution in [0.5, 0.6) is 0 Å². The zero-order valence-corrected chi connectivity index (χ0v) is 9.34. The third-order valence-electron chi connectivity index (χ3n) is 3.55. The molecule has 3 heteroatoms. The summed E-state index contributed by atoms with van der Waals surface area (Å²) in [6, 6.07) is 4.01. The third-order valence-corrected chi connectivity index (χ3v) is 3.55. The molecule has 0 spiro atoms. The van der Waals surface area contributed by atoms with E-state index < -0.39 is 17.2 Å². The minimum absolute atomic E-state index is 0.111. The van der Waals surface area contributed by atoms with E-state index in [-0.39, 0.29) is 5.56 Å². The van der Waals surface area contributed by atoms with Gasteiger partial charge in [0.15, 0.2) is 11.6 Å². The summed E-state index contributed by atoms with van der Waals surface area (Å²) in [5, 5.41) is 10.4. The molecule has 1 nitrogen and oxygen atoms in total. The van der Waals surface area contributed by atoms with Crippen molar-refractivity contribution in [3.05, 3.63) is 35.4 Å². The van der Waals surface area contributed by atoms with Gasteiger partial charge in [-0.05, 0) is 37.7 Å². The monoisotopic (exact) mass is 226 g/mol. The number of hydrogen-bond donors (Lipinski definition) is 1. The fourth-order valence-electron chi connectivity index (χ4n) is 2.37. The van der Waals surface area contributed by atoms with E-state index in [4.69, 9.17) is 0 Å². The predicted molar refractivity (Wildman–Crippen MR) is 57.9 cm³/mol. The SMILES string of the molecule is CC1CCC(O)(c2cccc(F)c2F)CC1. The molecule has 1 fully saturated rings. The lowest BCUT2D eigenvalue weighted by molar-refractivity contribution is -0.0154. The highest BCUT2D eigenvalue weighted by molar-refractivity contribution is 5.26. The lowest BCUT2D eigenvalue weighted by Crippen LogP contribution is -2.32. The van der Waals surface area contributed by atoms with Crippen LogP contribution in [-0.4, -0.2) is 5.11 Å². The first-order chi connectivity index (χ1) is 7.53. The number of hydrogen-bond acceptors (Lipinski definition) is 1. The molecule has 0 radical (unpaired) electrons. The van der Waals surface area contributed by atoms with Crippen molar-refractivity contribution < 1.29 is 13.9 Å². The molecule has 88 valence electrons. The molecule has 0 aliphatic heterocycles. The molecule has 1 aromatic carbocycles. The first-order valence-corrected chi connectivity index (χ1v) is 5.70. The zero-order valence-electron chi connectivity index (χ0n) is 9.34. The average Bonchev–Trinajstić information content (AvgIpc) is 2.27. The lowest BCUT2D eigenvalue weighted by atomic mass is 9.75. The van der Waals surface area contributed by atoms with Gasteiger partial charge in [-0.25, -0.2) is 8.78 Å². The van der Waals surface area contributed by atoms with Crippen LogP contribution in [0.1, 0.15) is 38.2 Å². The molecule has 0 amide bonds.